The van der Waals surface area contributed by atoms with E-state index >= 15 is 0 Å². The molecule has 194 valence electrons. The Bertz CT molecular complexity index is 1250. The number of benzene rings is 1. The maximum atomic E-state index is 12.0. The van der Waals surface area contributed by atoms with Crippen LogP contribution in [0.2, 0.25) is 0 Å². The fourth-order valence-electron chi connectivity index (χ4n) is 5.42. The summed E-state index contributed by atoms with van der Waals surface area (Å²) in [5.41, 5.74) is 6.67. The number of hydrogen-bond acceptors (Lipinski definition) is 6. The third-order valence-corrected chi connectivity index (χ3v) is 7.61. The first-order valence-electron chi connectivity index (χ1n) is 12.6. The van der Waals surface area contributed by atoms with E-state index < -0.39 is 0 Å². The molecule has 5 rings (SSSR count). The second-order valence-electron chi connectivity index (χ2n) is 9.42. The number of aryl methyl sites for hydroxylation is 1. The van der Waals surface area contributed by atoms with E-state index in [1.54, 1.807) is 6.20 Å². The number of nitrogens with one attached hydrogen (secondary N) is 1. The first kappa shape index (κ1) is 25.2. The monoisotopic (exact) mass is 519 g/mol. The number of carbonyl (C=O) groups is 1. The molecule has 9 heteroatoms. The van der Waals surface area contributed by atoms with Gasteiger partial charge in [0.2, 0.25) is 0 Å². The van der Waals surface area contributed by atoms with Crippen LogP contribution in [0.1, 0.15) is 41.1 Å². The first-order valence-corrected chi connectivity index (χ1v) is 13.1. The molecule has 0 bridgehead atoms. The summed E-state index contributed by atoms with van der Waals surface area (Å²) in [6.45, 7) is 8.09. The SMILES string of the molecule is COC(=O)CCN1C(=S)N[C@@H](c2ccccn2)[C@H]1c1cc(C)n(-c2ccc(N3CCOCC3)cc2)c1C. The van der Waals surface area contributed by atoms with E-state index in [1.165, 1.54) is 12.8 Å². The van der Waals surface area contributed by atoms with E-state index in [-0.39, 0.29) is 24.5 Å². The molecular formula is C28H33N5O3S. The van der Waals surface area contributed by atoms with Crippen LogP contribution in [0.5, 0.6) is 0 Å². The van der Waals surface area contributed by atoms with E-state index in [0.29, 0.717) is 11.7 Å². The van der Waals surface area contributed by atoms with Crippen LogP contribution in [0.3, 0.4) is 0 Å². The first-order chi connectivity index (χ1) is 18.0. The third-order valence-electron chi connectivity index (χ3n) is 7.26. The number of morpholine rings is 1. The number of ether oxygens (including phenoxy) is 2. The van der Waals surface area contributed by atoms with Gasteiger partial charge in [0.05, 0.1) is 44.5 Å². The zero-order chi connectivity index (χ0) is 25.9. The summed E-state index contributed by atoms with van der Waals surface area (Å²) in [7, 11) is 1.41. The quantitative estimate of drug-likeness (QED) is 0.373. The summed E-state index contributed by atoms with van der Waals surface area (Å²) < 4.78 is 12.7. The normalized spacial score (nSPS) is 19.7. The van der Waals surface area contributed by atoms with Gasteiger partial charge in [-0.15, -0.1) is 0 Å². The van der Waals surface area contributed by atoms with Crippen molar-refractivity contribution in [2.75, 3.05) is 44.9 Å². The minimum absolute atomic E-state index is 0.111. The Kier molecular flexibility index (Phi) is 7.43. The molecule has 2 aliphatic rings. The Morgan fingerprint density at radius 1 is 1.14 bits per heavy atom. The standard InChI is InChI=1S/C28H33N5O3S/c1-19-18-23(20(2)33(19)22-9-7-21(8-10-22)31-14-16-36-17-15-31)27-26(24-6-4-5-12-29-24)30-28(37)32(27)13-11-25(34)35-3/h4-10,12,18,26-27H,11,13-17H2,1-3H3,(H,30,37)/t26-,27+/m0/s1. The summed E-state index contributed by atoms with van der Waals surface area (Å²) in [5, 5.41) is 4.08. The van der Waals surface area contributed by atoms with E-state index in [9.17, 15) is 4.79 Å². The molecule has 2 atom stereocenters. The van der Waals surface area contributed by atoms with Crippen LogP contribution in [0, 0.1) is 13.8 Å². The summed E-state index contributed by atoms with van der Waals surface area (Å²) in [5.74, 6) is -0.256. The Morgan fingerprint density at radius 2 is 1.86 bits per heavy atom. The van der Waals surface area contributed by atoms with E-state index in [0.717, 1.165) is 54.6 Å². The molecule has 0 amide bonds. The number of thiocarbonyl (C=S) groups is 1. The highest BCUT2D eigenvalue weighted by atomic mass is 32.1. The van der Waals surface area contributed by atoms with Crippen LogP contribution in [-0.4, -0.2) is 65.5 Å². The third kappa shape index (κ3) is 5.06. The average molecular weight is 520 g/mol. The van der Waals surface area contributed by atoms with Crippen molar-refractivity contribution >= 4 is 29.0 Å². The highest BCUT2D eigenvalue weighted by Gasteiger charge is 2.41. The van der Waals surface area contributed by atoms with Crippen molar-refractivity contribution < 1.29 is 14.3 Å². The van der Waals surface area contributed by atoms with Gasteiger partial charge in [0, 0.05) is 48.6 Å². The lowest BCUT2D eigenvalue weighted by atomic mass is 9.96. The number of carbonyl (C=O) groups excluding carboxylic acids is 1. The second-order valence-corrected chi connectivity index (χ2v) is 9.81. The molecule has 8 nitrogen and oxygen atoms in total. The molecule has 2 aromatic heterocycles. The van der Waals surface area contributed by atoms with Crippen LogP contribution in [0.4, 0.5) is 5.69 Å². The van der Waals surface area contributed by atoms with Gasteiger partial charge in [0.25, 0.3) is 0 Å². The molecule has 37 heavy (non-hydrogen) atoms. The van der Waals surface area contributed by atoms with Crippen LogP contribution in [0.25, 0.3) is 5.69 Å². The fraction of sp³-hybridized carbons (Fsp3) is 0.393. The van der Waals surface area contributed by atoms with Crippen molar-refractivity contribution in [3.8, 4) is 5.69 Å². The van der Waals surface area contributed by atoms with Crippen molar-refractivity contribution in [1.29, 1.82) is 0 Å². The summed E-state index contributed by atoms with van der Waals surface area (Å²) in [6, 6.07) is 16.6. The van der Waals surface area contributed by atoms with E-state index in [2.05, 4.69) is 68.8 Å². The average Bonchev–Trinajstić information content (AvgIpc) is 3.42. The molecule has 3 aromatic rings. The maximum Gasteiger partial charge on any atom is 0.307 e. The molecule has 0 unspecified atom stereocenters. The summed E-state index contributed by atoms with van der Waals surface area (Å²) in [4.78, 5) is 21.1. The van der Waals surface area contributed by atoms with Gasteiger partial charge in [-0.25, -0.2) is 0 Å². The van der Waals surface area contributed by atoms with Gasteiger partial charge in [0.15, 0.2) is 5.11 Å². The number of nitrogens with zero attached hydrogens (tertiary/aromatic N) is 4. The van der Waals surface area contributed by atoms with Gasteiger partial charge in [-0.1, -0.05) is 6.07 Å². The van der Waals surface area contributed by atoms with Crippen LogP contribution in [-0.2, 0) is 14.3 Å². The highest BCUT2D eigenvalue weighted by molar-refractivity contribution is 7.80. The summed E-state index contributed by atoms with van der Waals surface area (Å²) in [6.07, 6.45) is 2.05. The van der Waals surface area contributed by atoms with E-state index in [4.69, 9.17) is 21.7 Å². The highest BCUT2D eigenvalue weighted by Crippen LogP contribution is 2.41. The molecule has 2 saturated heterocycles. The fourth-order valence-corrected chi connectivity index (χ4v) is 5.75. The Morgan fingerprint density at radius 3 is 2.54 bits per heavy atom. The van der Waals surface area contributed by atoms with Gasteiger partial charge in [-0.3, -0.25) is 9.78 Å². The molecular weight excluding hydrogens is 486 g/mol. The van der Waals surface area contributed by atoms with Crippen molar-refractivity contribution in [2.24, 2.45) is 0 Å². The Balaban J connectivity index is 1.50. The molecule has 0 radical (unpaired) electrons. The molecule has 2 fully saturated rings. The minimum Gasteiger partial charge on any atom is -0.469 e. The van der Waals surface area contributed by atoms with Crippen molar-refractivity contribution in [3.05, 3.63) is 77.4 Å². The maximum absolute atomic E-state index is 12.0. The number of methoxy groups -OCH3 is 1. The molecule has 1 N–H and O–H groups in total. The number of hydrogen-bond donors (Lipinski definition) is 1. The van der Waals surface area contributed by atoms with E-state index in [1.807, 2.05) is 18.2 Å². The zero-order valence-corrected chi connectivity index (χ0v) is 22.3. The largest absolute Gasteiger partial charge is 0.469 e. The van der Waals surface area contributed by atoms with Gasteiger partial charge in [0.1, 0.15) is 0 Å². The van der Waals surface area contributed by atoms with Crippen LogP contribution >= 0.6 is 12.2 Å². The Labute approximate surface area is 223 Å². The predicted molar refractivity (Wildman–Crippen MR) is 147 cm³/mol. The van der Waals surface area contributed by atoms with Gasteiger partial charge < -0.3 is 29.2 Å². The molecule has 1 aromatic carbocycles. The lowest BCUT2D eigenvalue weighted by molar-refractivity contribution is -0.140. The van der Waals surface area contributed by atoms with Gasteiger partial charge in [-0.05, 0) is 74.1 Å². The number of pyridine rings is 1. The molecule has 0 spiro atoms. The van der Waals surface area contributed by atoms with Gasteiger partial charge in [-0.2, -0.15) is 0 Å². The number of rotatable bonds is 7. The zero-order valence-electron chi connectivity index (χ0n) is 21.5. The number of aromatic nitrogens is 2. The molecule has 0 saturated carbocycles. The molecule has 2 aliphatic heterocycles. The van der Waals surface area contributed by atoms with Crippen molar-refractivity contribution in [1.82, 2.24) is 19.8 Å². The van der Waals surface area contributed by atoms with Crippen LogP contribution in [0.15, 0.2) is 54.7 Å². The lowest BCUT2D eigenvalue weighted by Gasteiger charge is -2.29. The molecule has 0 aliphatic carbocycles. The topological polar surface area (TPSA) is 71.9 Å². The number of anilines is 1. The van der Waals surface area contributed by atoms with Crippen LogP contribution < -0.4 is 10.2 Å². The summed E-state index contributed by atoms with van der Waals surface area (Å²) >= 11 is 5.75. The van der Waals surface area contributed by atoms with Crippen molar-refractivity contribution in [2.45, 2.75) is 32.4 Å². The lowest BCUT2D eigenvalue weighted by Crippen LogP contribution is -2.36. The second kappa shape index (κ2) is 10.9. The smallest absolute Gasteiger partial charge is 0.307 e. The van der Waals surface area contributed by atoms with Gasteiger partial charge >= 0.3 is 5.97 Å². The van der Waals surface area contributed by atoms with Crippen molar-refractivity contribution in [3.63, 3.8) is 0 Å². The minimum atomic E-state index is -0.256. The number of esters is 1. The predicted octanol–water partition coefficient (Wildman–Crippen LogP) is 3.86. The molecule has 4 heterocycles. The Hall–Kier alpha value is -3.43.